The van der Waals surface area contributed by atoms with Gasteiger partial charge in [-0.25, -0.2) is 4.39 Å². The summed E-state index contributed by atoms with van der Waals surface area (Å²) in [5.74, 6) is 5.30. The van der Waals surface area contributed by atoms with Crippen LogP contribution < -0.4 is 11.3 Å². The Labute approximate surface area is 112 Å². The lowest BCUT2D eigenvalue weighted by atomic mass is 10.0. The van der Waals surface area contributed by atoms with Crippen molar-refractivity contribution >= 4 is 27.3 Å². The molecule has 0 radical (unpaired) electrons. The van der Waals surface area contributed by atoms with Crippen molar-refractivity contribution in [2.24, 2.45) is 5.84 Å². The van der Waals surface area contributed by atoms with Gasteiger partial charge in [0.2, 0.25) is 0 Å². The molecule has 1 atom stereocenters. The zero-order valence-corrected chi connectivity index (χ0v) is 11.4. The quantitative estimate of drug-likeness (QED) is 0.670. The fraction of sp³-hybridized carbons (Fsp3) is 0.167. The van der Waals surface area contributed by atoms with Gasteiger partial charge in [-0.1, -0.05) is 12.1 Å². The molecule has 0 amide bonds. The molecule has 5 heteroatoms. The van der Waals surface area contributed by atoms with Gasteiger partial charge in [-0.2, -0.15) is 11.3 Å². The highest BCUT2D eigenvalue weighted by atomic mass is 79.9. The smallest absolute Gasteiger partial charge is 0.137 e. The molecule has 1 heterocycles. The maximum absolute atomic E-state index is 13.4. The standard InChI is InChI=1S/C12H12BrFN2S/c13-12-8(2-1-3-10(12)14)6-11(16-15)9-4-5-17-7-9/h1-5,7,11,16H,6,15H2. The van der Waals surface area contributed by atoms with Gasteiger partial charge >= 0.3 is 0 Å². The maximum Gasteiger partial charge on any atom is 0.137 e. The van der Waals surface area contributed by atoms with Gasteiger partial charge in [0.05, 0.1) is 10.5 Å². The van der Waals surface area contributed by atoms with E-state index in [1.807, 2.05) is 22.9 Å². The van der Waals surface area contributed by atoms with E-state index in [2.05, 4.69) is 21.4 Å². The van der Waals surface area contributed by atoms with Gasteiger partial charge in [-0.15, -0.1) is 0 Å². The van der Waals surface area contributed by atoms with Crippen LogP contribution in [0.15, 0.2) is 39.5 Å². The largest absolute Gasteiger partial charge is 0.271 e. The normalized spacial score (nSPS) is 12.6. The van der Waals surface area contributed by atoms with Crippen LogP contribution in [0.1, 0.15) is 17.2 Å². The predicted molar refractivity (Wildman–Crippen MR) is 72.2 cm³/mol. The fourth-order valence-corrected chi connectivity index (χ4v) is 2.81. The first kappa shape index (κ1) is 12.7. The van der Waals surface area contributed by atoms with E-state index in [1.165, 1.54) is 6.07 Å². The van der Waals surface area contributed by atoms with E-state index in [1.54, 1.807) is 17.4 Å². The lowest BCUT2D eigenvalue weighted by Gasteiger charge is -2.15. The number of hydrogen-bond acceptors (Lipinski definition) is 3. The van der Waals surface area contributed by atoms with Crippen molar-refractivity contribution in [2.45, 2.75) is 12.5 Å². The van der Waals surface area contributed by atoms with Crippen molar-refractivity contribution < 1.29 is 4.39 Å². The Bertz CT molecular complexity index is 487. The molecule has 1 unspecified atom stereocenters. The van der Waals surface area contributed by atoms with Gasteiger partial charge in [0, 0.05) is 0 Å². The van der Waals surface area contributed by atoms with E-state index in [0.29, 0.717) is 10.9 Å². The van der Waals surface area contributed by atoms with E-state index in [4.69, 9.17) is 5.84 Å². The lowest BCUT2D eigenvalue weighted by Crippen LogP contribution is -2.29. The van der Waals surface area contributed by atoms with Crippen molar-refractivity contribution in [3.8, 4) is 0 Å². The number of hydrogen-bond donors (Lipinski definition) is 2. The molecule has 1 aromatic heterocycles. The Balaban J connectivity index is 2.22. The van der Waals surface area contributed by atoms with Crippen LogP contribution in [0.2, 0.25) is 0 Å². The maximum atomic E-state index is 13.4. The highest BCUT2D eigenvalue weighted by molar-refractivity contribution is 9.10. The molecule has 0 aliphatic rings. The summed E-state index contributed by atoms with van der Waals surface area (Å²) in [6.45, 7) is 0. The Kier molecular flexibility index (Phi) is 4.28. The van der Waals surface area contributed by atoms with Crippen molar-refractivity contribution in [3.05, 3.63) is 56.4 Å². The first-order valence-electron chi connectivity index (χ1n) is 5.13. The summed E-state index contributed by atoms with van der Waals surface area (Å²) in [6.07, 6.45) is 0.644. The number of nitrogens with two attached hydrogens (primary N) is 1. The molecule has 0 saturated carbocycles. The number of rotatable bonds is 4. The molecular formula is C12H12BrFN2S. The minimum absolute atomic E-state index is 0.000602. The first-order chi connectivity index (χ1) is 8.22. The second-order valence-electron chi connectivity index (χ2n) is 3.69. The first-order valence-corrected chi connectivity index (χ1v) is 6.87. The molecule has 0 saturated heterocycles. The van der Waals surface area contributed by atoms with Gasteiger partial charge < -0.3 is 0 Å². The van der Waals surface area contributed by atoms with E-state index in [9.17, 15) is 4.39 Å². The molecule has 90 valence electrons. The second-order valence-corrected chi connectivity index (χ2v) is 5.27. The minimum atomic E-state index is -0.247. The third-order valence-electron chi connectivity index (χ3n) is 2.60. The molecule has 2 nitrogen and oxygen atoms in total. The Morgan fingerprint density at radius 3 is 2.88 bits per heavy atom. The number of thiophene rings is 1. The average molecular weight is 315 g/mol. The van der Waals surface area contributed by atoms with Crippen LogP contribution in [0.5, 0.6) is 0 Å². The topological polar surface area (TPSA) is 38.0 Å². The molecule has 2 aromatic rings. The van der Waals surface area contributed by atoms with Crippen LogP contribution >= 0.6 is 27.3 Å². The number of halogens is 2. The molecule has 1 aromatic carbocycles. The summed E-state index contributed by atoms with van der Waals surface area (Å²) < 4.78 is 13.9. The highest BCUT2D eigenvalue weighted by Crippen LogP contribution is 2.26. The average Bonchev–Trinajstić information content (AvgIpc) is 2.85. The monoisotopic (exact) mass is 314 g/mol. The summed E-state index contributed by atoms with van der Waals surface area (Å²) in [7, 11) is 0. The van der Waals surface area contributed by atoms with Gasteiger partial charge in [0.15, 0.2) is 0 Å². The summed E-state index contributed by atoms with van der Waals surface area (Å²) in [5.41, 5.74) is 4.78. The van der Waals surface area contributed by atoms with Gasteiger partial charge in [0.25, 0.3) is 0 Å². The molecule has 0 bridgehead atoms. The van der Waals surface area contributed by atoms with E-state index < -0.39 is 0 Å². The zero-order chi connectivity index (χ0) is 12.3. The predicted octanol–water partition coefficient (Wildman–Crippen LogP) is 3.40. The molecule has 2 rings (SSSR count). The molecule has 0 aliphatic heterocycles. The van der Waals surface area contributed by atoms with E-state index in [-0.39, 0.29) is 11.9 Å². The van der Waals surface area contributed by atoms with Crippen LogP contribution in [0.4, 0.5) is 4.39 Å². The molecule has 0 fully saturated rings. The number of nitrogens with one attached hydrogen (secondary N) is 1. The SMILES string of the molecule is NNC(Cc1cccc(F)c1Br)c1ccsc1. The van der Waals surface area contributed by atoms with Crippen molar-refractivity contribution in [3.63, 3.8) is 0 Å². The summed E-state index contributed by atoms with van der Waals surface area (Å²) >= 11 is 4.88. The second kappa shape index (κ2) is 5.73. The van der Waals surface area contributed by atoms with Gasteiger partial charge in [-0.3, -0.25) is 11.3 Å². The number of hydrazine groups is 1. The van der Waals surface area contributed by atoms with Crippen LogP contribution in [0, 0.1) is 5.82 Å². The minimum Gasteiger partial charge on any atom is -0.271 e. The van der Waals surface area contributed by atoms with Crippen LogP contribution in [-0.4, -0.2) is 0 Å². The molecule has 3 N–H and O–H groups in total. The Hall–Kier alpha value is -0.750. The highest BCUT2D eigenvalue weighted by Gasteiger charge is 2.14. The van der Waals surface area contributed by atoms with Crippen LogP contribution in [0.25, 0.3) is 0 Å². The Morgan fingerprint density at radius 2 is 2.24 bits per heavy atom. The van der Waals surface area contributed by atoms with Crippen LogP contribution in [-0.2, 0) is 6.42 Å². The fourth-order valence-electron chi connectivity index (χ4n) is 1.67. The van der Waals surface area contributed by atoms with Crippen molar-refractivity contribution in [1.29, 1.82) is 0 Å². The summed E-state index contributed by atoms with van der Waals surface area (Å²) in [6, 6.07) is 7.05. The van der Waals surface area contributed by atoms with Gasteiger partial charge in [0.1, 0.15) is 5.82 Å². The molecule has 17 heavy (non-hydrogen) atoms. The summed E-state index contributed by atoms with van der Waals surface area (Å²) in [4.78, 5) is 0. The lowest BCUT2D eigenvalue weighted by molar-refractivity contribution is 0.548. The van der Waals surface area contributed by atoms with E-state index >= 15 is 0 Å². The van der Waals surface area contributed by atoms with Gasteiger partial charge in [-0.05, 0) is 56.4 Å². The molecule has 0 spiro atoms. The number of benzene rings is 1. The summed E-state index contributed by atoms with van der Waals surface area (Å²) in [5, 5.41) is 4.04. The molecule has 0 aliphatic carbocycles. The Morgan fingerprint density at radius 1 is 1.41 bits per heavy atom. The molecular weight excluding hydrogens is 303 g/mol. The zero-order valence-electron chi connectivity index (χ0n) is 8.99. The van der Waals surface area contributed by atoms with Crippen molar-refractivity contribution in [1.82, 2.24) is 5.43 Å². The van der Waals surface area contributed by atoms with E-state index in [0.717, 1.165) is 11.1 Å². The third kappa shape index (κ3) is 2.93. The third-order valence-corrected chi connectivity index (χ3v) is 4.19. The van der Waals surface area contributed by atoms with Crippen LogP contribution in [0.3, 0.4) is 0 Å². The van der Waals surface area contributed by atoms with Crippen molar-refractivity contribution in [2.75, 3.05) is 0 Å².